The number of nitrogens with zero attached hydrogens (tertiary/aromatic N) is 1. The third-order valence-electron chi connectivity index (χ3n) is 7.32. The molecule has 1 N–H and O–H groups in total. The van der Waals surface area contributed by atoms with Gasteiger partial charge in [-0.3, -0.25) is 9.29 Å². The minimum absolute atomic E-state index is 0.217. The van der Waals surface area contributed by atoms with E-state index < -0.39 is 11.8 Å². The zero-order valence-corrected chi connectivity index (χ0v) is 21.5. The maximum atomic E-state index is 14.7. The molecule has 1 aliphatic carbocycles. The summed E-state index contributed by atoms with van der Waals surface area (Å²) >= 11 is 0. The van der Waals surface area contributed by atoms with Gasteiger partial charge < -0.3 is 9.84 Å². The third kappa shape index (κ3) is 5.27. The number of alkyl halides is 1. The highest BCUT2D eigenvalue weighted by Crippen LogP contribution is 2.43. The van der Waals surface area contributed by atoms with Gasteiger partial charge in [0.1, 0.15) is 0 Å². The van der Waals surface area contributed by atoms with Gasteiger partial charge in [-0.2, -0.15) is 0 Å². The van der Waals surface area contributed by atoms with Crippen molar-refractivity contribution < 1.29 is 23.4 Å². The van der Waals surface area contributed by atoms with Crippen LogP contribution in [0, 0.1) is 5.82 Å². The van der Waals surface area contributed by atoms with Crippen LogP contribution in [0.15, 0.2) is 66.2 Å². The Hall–Kier alpha value is -3.77. The van der Waals surface area contributed by atoms with E-state index in [4.69, 9.17) is 4.74 Å². The predicted molar refractivity (Wildman–Crippen MR) is 147 cm³/mol. The van der Waals surface area contributed by atoms with Gasteiger partial charge in [-0.15, -0.1) is 0 Å². The summed E-state index contributed by atoms with van der Waals surface area (Å²) in [6.45, 7) is 2.25. The highest BCUT2D eigenvalue weighted by atomic mass is 19.1. The van der Waals surface area contributed by atoms with Crippen molar-refractivity contribution >= 4 is 23.2 Å². The van der Waals surface area contributed by atoms with Crippen LogP contribution in [-0.2, 0) is 6.42 Å². The van der Waals surface area contributed by atoms with Crippen LogP contribution in [0.4, 0.5) is 8.78 Å². The number of benzene rings is 3. The number of halogens is 2. The van der Waals surface area contributed by atoms with Gasteiger partial charge in [0.2, 0.25) is 0 Å². The topological polar surface area (TPSA) is 49.8 Å². The highest BCUT2D eigenvalue weighted by Gasteiger charge is 2.24. The van der Waals surface area contributed by atoms with Gasteiger partial charge in [-0.25, -0.2) is 9.18 Å². The largest absolute Gasteiger partial charge is 0.493 e. The van der Waals surface area contributed by atoms with E-state index in [1.54, 1.807) is 18.2 Å². The van der Waals surface area contributed by atoms with E-state index in [-0.39, 0.29) is 18.0 Å². The number of methoxy groups -OCH3 is 1. The van der Waals surface area contributed by atoms with Crippen LogP contribution in [0.5, 0.6) is 5.75 Å². The summed E-state index contributed by atoms with van der Waals surface area (Å²) < 4.78 is 32.7. The molecular weight excluding hydrogens is 484 g/mol. The molecule has 1 fully saturated rings. The lowest BCUT2D eigenvalue weighted by atomic mass is 9.86. The number of carbonyl (C=O) groups is 1. The monoisotopic (exact) mass is 515 g/mol. The molecule has 0 unspecified atom stereocenters. The van der Waals surface area contributed by atoms with Gasteiger partial charge in [0.15, 0.2) is 11.6 Å². The average molecular weight is 516 g/mol. The van der Waals surface area contributed by atoms with Crippen LogP contribution in [0.1, 0.15) is 57.4 Å². The molecule has 0 atom stereocenters. The van der Waals surface area contributed by atoms with E-state index in [9.17, 15) is 18.7 Å². The smallest absolute Gasteiger partial charge is 0.335 e. The van der Waals surface area contributed by atoms with Crippen LogP contribution >= 0.6 is 0 Å². The Bertz CT molecular complexity index is 1400. The van der Waals surface area contributed by atoms with Crippen molar-refractivity contribution in [2.24, 2.45) is 0 Å². The molecule has 2 aliphatic rings. The standard InChI is InChI=1S/C32H31F2NO3/c1-38-31-28(7-3-8-29(31)34)27-6-2-5-24-18-25(32(36)37)13-14-26(24)30(27)23-11-9-21(10-12-23)17-22-19-35(20-22)16-4-15-33/h3,7-14,17-18H,2,4-6,15-16,19-20H2,1H3,(H,36,37). The molecule has 5 rings (SSSR count). The molecule has 1 aliphatic heterocycles. The Balaban J connectivity index is 1.58. The summed E-state index contributed by atoms with van der Waals surface area (Å²) in [6, 6.07) is 18.6. The number of allylic oxidation sites excluding steroid dienone is 1. The Kier molecular flexibility index (Phi) is 7.70. The first-order chi connectivity index (χ1) is 18.5. The van der Waals surface area contributed by atoms with Crippen LogP contribution in [0.3, 0.4) is 0 Å². The third-order valence-corrected chi connectivity index (χ3v) is 7.32. The first-order valence-corrected chi connectivity index (χ1v) is 13.0. The van der Waals surface area contributed by atoms with Crippen LogP contribution in [-0.4, -0.2) is 49.4 Å². The molecule has 38 heavy (non-hydrogen) atoms. The number of aryl methyl sites for hydroxylation is 1. The Labute approximate surface area is 221 Å². The molecule has 1 saturated heterocycles. The number of likely N-dealkylation sites (tertiary alicyclic amines) is 1. The number of rotatable bonds is 8. The first-order valence-electron chi connectivity index (χ1n) is 13.0. The number of ether oxygens (including phenoxy) is 1. The molecule has 6 heteroatoms. The van der Waals surface area contributed by atoms with Gasteiger partial charge in [-0.1, -0.05) is 48.5 Å². The van der Waals surface area contributed by atoms with E-state index in [0.717, 1.165) is 65.9 Å². The zero-order valence-electron chi connectivity index (χ0n) is 21.5. The maximum Gasteiger partial charge on any atom is 0.335 e. The fourth-order valence-electron chi connectivity index (χ4n) is 5.52. The lowest BCUT2D eigenvalue weighted by molar-refractivity contribution is 0.0696. The summed E-state index contributed by atoms with van der Waals surface area (Å²) in [6.07, 6.45) is 4.99. The van der Waals surface area contributed by atoms with E-state index in [2.05, 4.69) is 35.2 Å². The second-order valence-corrected chi connectivity index (χ2v) is 9.88. The molecule has 3 aromatic rings. The Morgan fingerprint density at radius 3 is 2.55 bits per heavy atom. The maximum absolute atomic E-state index is 14.7. The fourth-order valence-corrected chi connectivity index (χ4v) is 5.52. The van der Waals surface area contributed by atoms with Crippen molar-refractivity contribution in [2.45, 2.75) is 25.7 Å². The highest BCUT2D eigenvalue weighted by molar-refractivity contribution is 6.01. The van der Waals surface area contributed by atoms with Crippen molar-refractivity contribution in [3.63, 3.8) is 0 Å². The average Bonchev–Trinajstić information content (AvgIpc) is 3.09. The van der Waals surface area contributed by atoms with Crippen molar-refractivity contribution in [3.05, 3.63) is 105 Å². The molecular formula is C32H31F2NO3. The summed E-state index contributed by atoms with van der Waals surface area (Å²) in [5.41, 5.74) is 8.26. The molecule has 0 spiro atoms. The number of para-hydroxylation sites is 1. The summed E-state index contributed by atoms with van der Waals surface area (Å²) in [5.74, 6) is -1.15. The van der Waals surface area contributed by atoms with Crippen LogP contribution < -0.4 is 4.74 Å². The molecule has 0 bridgehead atoms. The zero-order chi connectivity index (χ0) is 26.6. The van der Waals surface area contributed by atoms with Gasteiger partial charge in [0.05, 0.1) is 19.3 Å². The second kappa shape index (κ2) is 11.3. The summed E-state index contributed by atoms with van der Waals surface area (Å²) in [7, 11) is 1.48. The number of aromatic carboxylic acids is 1. The molecule has 3 aromatic carbocycles. The Morgan fingerprint density at radius 1 is 1.05 bits per heavy atom. The molecule has 0 saturated carbocycles. The minimum Gasteiger partial charge on any atom is -0.493 e. The summed E-state index contributed by atoms with van der Waals surface area (Å²) in [5, 5.41) is 9.56. The van der Waals surface area contributed by atoms with E-state index in [0.29, 0.717) is 18.4 Å². The molecule has 196 valence electrons. The number of carboxylic acids is 1. The van der Waals surface area contributed by atoms with Crippen molar-refractivity contribution in [1.82, 2.24) is 4.90 Å². The van der Waals surface area contributed by atoms with Crippen molar-refractivity contribution in [2.75, 3.05) is 33.4 Å². The van der Waals surface area contributed by atoms with Gasteiger partial charge in [0, 0.05) is 25.2 Å². The molecule has 0 radical (unpaired) electrons. The Morgan fingerprint density at radius 2 is 1.84 bits per heavy atom. The van der Waals surface area contributed by atoms with Gasteiger partial charge in [-0.05, 0) is 82.9 Å². The molecule has 0 aromatic heterocycles. The lowest BCUT2D eigenvalue weighted by Crippen LogP contribution is -2.40. The number of hydrogen-bond acceptors (Lipinski definition) is 3. The fraction of sp³-hybridized carbons (Fsp3) is 0.281. The van der Waals surface area contributed by atoms with Crippen LogP contribution in [0.2, 0.25) is 0 Å². The van der Waals surface area contributed by atoms with E-state index >= 15 is 0 Å². The summed E-state index contributed by atoms with van der Waals surface area (Å²) in [4.78, 5) is 13.9. The number of fused-ring (bicyclic) bond motifs is 1. The van der Waals surface area contributed by atoms with E-state index in [1.807, 2.05) is 12.1 Å². The number of hydrogen-bond donors (Lipinski definition) is 1. The minimum atomic E-state index is -0.953. The van der Waals surface area contributed by atoms with Crippen LogP contribution in [0.25, 0.3) is 17.2 Å². The molecule has 4 nitrogen and oxygen atoms in total. The second-order valence-electron chi connectivity index (χ2n) is 9.88. The van der Waals surface area contributed by atoms with E-state index in [1.165, 1.54) is 18.7 Å². The number of carboxylic acid groups (broad SMARTS) is 1. The lowest BCUT2D eigenvalue weighted by Gasteiger charge is -2.33. The predicted octanol–water partition coefficient (Wildman–Crippen LogP) is 6.89. The normalized spacial score (nSPS) is 15.5. The van der Waals surface area contributed by atoms with Gasteiger partial charge in [0.25, 0.3) is 0 Å². The quantitative estimate of drug-likeness (QED) is 0.355. The van der Waals surface area contributed by atoms with Crippen molar-refractivity contribution in [3.8, 4) is 5.75 Å². The molecule has 1 heterocycles. The van der Waals surface area contributed by atoms with Gasteiger partial charge >= 0.3 is 5.97 Å². The van der Waals surface area contributed by atoms with Crippen molar-refractivity contribution in [1.29, 1.82) is 0 Å². The first kappa shape index (κ1) is 25.9. The molecule has 0 amide bonds. The SMILES string of the molecule is COc1c(F)cccc1C1=C(c2ccc(C=C3CN(CCCF)C3)cc2)c2ccc(C(=O)O)cc2CCC1.